The van der Waals surface area contributed by atoms with Crippen molar-refractivity contribution in [2.24, 2.45) is 0 Å². The van der Waals surface area contributed by atoms with Crippen molar-refractivity contribution in [2.45, 2.75) is 26.3 Å². The molecule has 3 rings (SSSR count). The first-order valence-corrected chi connectivity index (χ1v) is 9.56. The highest BCUT2D eigenvalue weighted by molar-refractivity contribution is 5.99. The lowest BCUT2D eigenvalue weighted by molar-refractivity contribution is 0.0731. The molecule has 0 fully saturated rings. The van der Waals surface area contributed by atoms with E-state index in [1.165, 1.54) is 16.6 Å². The molecular formula is C20H21F3N4O4. The zero-order valence-corrected chi connectivity index (χ0v) is 16.9. The van der Waals surface area contributed by atoms with Gasteiger partial charge in [-0.1, -0.05) is 13.3 Å². The van der Waals surface area contributed by atoms with Gasteiger partial charge in [0.15, 0.2) is 11.4 Å². The first-order chi connectivity index (χ1) is 14.6. The topological polar surface area (TPSA) is 94.9 Å². The molecule has 0 aliphatic carbocycles. The van der Waals surface area contributed by atoms with Gasteiger partial charge in [-0.2, -0.15) is 0 Å². The van der Waals surface area contributed by atoms with E-state index in [1.54, 1.807) is 5.01 Å². The molecule has 31 heavy (non-hydrogen) atoms. The second-order valence-electron chi connectivity index (χ2n) is 7.17. The van der Waals surface area contributed by atoms with Crippen LogP contribution in [-0.4, -0.2) is 46.8 Å². The predicted octanol–water partition coefficient (Wildman–Crippen LogP) is 1.68. The molecule has 0 spiro atoms. The molecule has 0 atom stereocenters. The van der Waals surface area contributed by atoms with Crippen LogP contribution in [0.3, 0.4) is 0 Å². The average molecular weight is 438 g/mol. The van der Waals surface area contributed by atoms with Crippen molar-refractivity contribution in [1.82, 2.24) is 14.9 Å². The Morgan fingerprint density at radius 1 is 1.19 bits per heavy atom. The Bertz CT molecular complexity index is 1080. The number of nitrogens with zero attached hydrogens (tertiary/aromatic N) is 3. The highest BCUT2D eigenvalue weighted by atomic mass is 19.1. The Balaban J connectivity index is 1.95. The summed E-state index contributed by atoms with van der Waals surface area (Å²) in [7, 11) is 1.51. The van der Waals surface area contributed by atoms with Crippen molar-refractivity contribution >= 4 is 11.8 Å². The van der Waals surface area contributed by atoms with E-state index in [0.717, 1.165) is 19.0 Å². The van der Waals surface area contributed by atoms with Crippen LogP contribution >= 0.6 is 0 Å². The molecule has 2 heterocycles. The van der Waals surface area contributed by atoms with Gasteiger partial charge in [-0.15, -0.1) is 0 Å². The van der Waals surface area contributed by atoms with Gasteiger partial charge in [0.1, 0.15) is 29.7 Å². The predicted molar refractivity (Wildman–Crippen MR) is 105 cm³/mol. The van der Waals surface area contributed by atoms with Crippen molar-refractivity contribution in [3.05, 3.63) is 62.8 Å². The van der Waals surface area contributed by atoms with Crippen LogP contribution in [0, 0.1) is 17.5 Å². The molecule has 1 aromatic carbocycles. The summed E-state index contributed by atoms with van der Waals surface area (Å²) in [6.07, 6.45) is 2.71. The molecule has 0 saturated heterocycles. The van der Waals surface area contributed by atoms with Crippen LogP contribution in [0.2, 0.25) is 0 Å². The van der Waals surface area contributed by atoms with Gasteiger partial charge in [0, 0.05) is 44.0 Å². The number of rotatable bonds is 6. The van der Waals surface area contributed by atoms with Gasteiger partial charge in [-0.05, 0) is 6.42 Å². The first-order valence-electron chi connectivity index (χ1n) is 9.56. The van der Waals surface area contributed by atoms with Crippen LogP contribution in [0.15, 0.2) is 23.1 Å². The van der Waals surface area contributed by atoms with Crippen molar-refractivity contribution in [3.8, 4) is 5.75 Å². The normalized spacial score (nSPS) is 13.4. The maximum atomic E-state index is 13.8. The van der Waals surface area contributed by atoms with Gasteiger partial charge >= 0.3 is 0 Å². The Morgan fingerprint density at radius 2 is 1.84 bits per heavy atom. The van der Waals surface area contributed by atoms with E-state index in [1.807, 2.05) is 6.92 Å². The van der Waals surface area contributed by atoms with Gasteiger partial charge in [0.05, 0.1) is 0 Å². The molecule has 2 aromatic rings. The Morgan fingerprint density at radius 3 is 2.45 bits per heavy atom. The summed E-state index contributed by atoms with van der Waals surface area (Å²) in [5.74, 6) is -6.00. The standard InChI is InChI=1S/C20H21F3N4O4/c1-3-4-5-26-10-25(2)20(31)16-18(29)17(28)13(9-27(16)26)19(30)24-8-12-14(22)6-11(21)7-15(12)23/h6-7,9,29H,3-5,8,10H2,1-2H3,(H,24,30). The number of carbonyl (C=O) groups excluding carboxylic acids is 2. The molecule has 1 aliphatic rings. The second kappa shape index (κ2) is 8.70. The van der Waals surface area contributed by atoms with Gasteiger partial charge in [0.2, 0.25) is 5.43 Å². The summed E-state index contributed by atoms with van der Waals surface area (Å²) in [5.41, 5.74) is -2.47. The number of carbonyl (C=O) groups is 2. The van der Waals surface area contributed by atoms with E-state index < -0.39 is 58.1 Å². The number of unbranched alkanes of at least 4 members (excludes halogenated alkanes) is 1. The maximum absolute atomic E-state index is 13.8. The van der Waals surface area contributed by atoms with Crippen LogP contribution in [0.1, 0.15) is 46.2 Å². The van der Waals surface area contributed by atoms with Crippen LogP contribution in [0.4, 0.5) is 13.2 Å². The number of aromatic nitrogens is 1. The monoisotopic (exact) mass is 438 g/mol. The van der Waals surface area contributed by atoms with Crippen molar-refractivity contribution in [2.75, 3.05) is 25.3 Å². The van der Waals surface area contributed by atoms with Crippen LogP contribution in [-0.2, 0) is 6.54 Å². The molecular weight excluding hydrogens is 417 g/mol. The summed E-state index contributed by atoms with van der Waals surface area (Å²) in [4.78, 5) is 38.9. The van der Waals surface area contributed by atoms with Gasteiger partial charge in [-0.3, -0.25) is 24.1 Å². The largest absolute Gasteiger partial charge is 0.502 e. The number of benzene rings is 1. The molecule has 8 nitrogen and oxygen atoms in total. The molecule has 2 N–H and O–H groups in total. The lowest BCUT2D eigenvalue weighted by atomic mass is 10.1. The maximum Gasteiger partial charge on any atom is 0.277 e. The molecule has 0 unspecified atom stereocenters. The van der Waals surface area contributed by atoms with E-state index in [9.17, 15) is 32.7 Å². The van der Waals surface area contributed by atoms with Crippen LogP contribution in [0.25, 0.3) is 0 Å². The third kappa shape index (κ3) is 4.21. The molecule has 0 bridgehead atoms. The Hall–Kier alpha value is -3.50. The lowest BCUT2D eigenvalue weighted by Crippen LogP contribution is -2.53. The number of amides is 2. The van der Waals surface area contributed by atoms with E-state index in [0.29, 0.717) is 18.7 Å². The van der Waals surface area contributed by atoms with Gasteiger partial charge in [0.25, 0.3) is 11.8 Å². The molecule has 1 aromatic heterocycles. The molecule has 1 aliphatic heterocycles. The number of nitrogens with one attached hydrogen (secondary N) is 1. The molecule has 166 valence electrons. The summed E-state index contributed by atoms with van der Waals surface area (Å²) in [6.45, 7) is 1.97. The number of aromatic hydroxyl groups is 1. The fourth-order valence-electron chi connectivity index (χ4n) is 3.26. The Kier molecular flexibility index (Phi) is 6.23. The van der Waals surface area contributed by atoms with E-state index >= 15 is 0 Å². The number of fused-ring (bicyclic) bond motifs is 1. The fourth-order valence-corrected chi connectivity index (χ4v) is 3.26. The number of hydrogen-bond donors (Lipinski definition) is 2. The van der Waals surface area contributed by atoms with Crippen LogP contribution in [0.5, 0.6) is 5.75 Å². The summed E-state index contributed by atoms with van der Waals surface area (Å²) >= 11 is 0. The zero-order valence-electron chi connectivity index (χ0n) is 16.9. The SMILES string of the molecule is CCCCN1CN(C)C(=O)c2c(O)c(=O)c(C(=O)NCc3c(F)cc(F)cc3F)cn21. The highest BCUT2D eigenvalue weighted by Crippen LogP contribution is 2.21. The van der Waals surface area contributed by atoms with Crippen molar-refractivity contribution < 1.29 is 27.9 Å². The minimum absolute atomic E-state index is 0.168. The van der Waals surface area contributed by atoms with Gasteiger partial charge in [-0.25, -0.2) is 13.2 Å². The summed E-state index contributed by atoms with van der Waals surface area (Å²) in [5, 5.41) is 14.2. The molecule has 2 amide bonds. The highest BCUT2D eigenvalue weighted by Gasteiger charge is 2.32. The van der Waals surface area contributed by atoms with E-state index in [4.69, 9.17) is 0 Å². The summed E-state index contributed by atoms with van der Waals surface area (Å²) in [6, 6.07) is 0.940. The van der Waals surface area contributed by atoms with E-state index in [-0.39, 0.29) is 12.4 Å². The quantitative estimate of drug-likeness (QED) is 0.716. The number of pyridine rings is 1. The minimum atomic E-state index is -1.19. The molecule has 0 saturated carbocycles. The second-order valence-corrected chi connectivity index (χ2v) is 7.17. The van der Waals surface area contributed by atoms with Crippen LogP contribution < -0.4 is 15.8 Å². The Labute approximate surface area is 175 Å². The third-order valence-corrected chi connectivity index (χ3v) is 4.94. The smallest absolute Gasteiger partial charge is 0.277 e. The fraction of sp³-hybridized carbons (Fsp3) is 0.350. The third-order valence-electron chi connectivity index (χ3n) is 4.94. The van der Waals surface area contributed by atoms with Crippen molar-refractivity contribution in [3.63, 3.8) is 0 Å². The summed E-state index contributed by atoms with van der Waals surface area (Å²) < 4.78 is 41.9. The molecule has 11 heteroatoms. The zero-order chi connectivity index (χ0) is 22.9. The minimum Gasteiger partial charge on any atom is -0.502 e. The van der Waals surface area contributed by atoms with Gasteiger partial charge < -0.3 is 15.3 Å². The van der Waals surface area contributed by atoms with Crippen molar-refractivity contribution in [1.29, 1.82) is 0 Å². The molecule has 0 radical (unpaired) electrons. The lowest BCUT2D eigenvalue weighted by Gasteiger charge is -2.38. The first kappa shape index (κ1) is 22.2. The van der Waals surface area contributed by atoms with E-state index in [2.05, 4.69) is 5.32 Å². The average Bonchev–Trinajstić information content (AvgIpc) is 2.70. The number of hydrogen-bond acceptors (Lipinski definition) is 5. The number of halogens is 3.